The van der Waals surface area contributed by atoms with Crippen LogP contribution in [0.4, 0.5) is 0 Å². The van der Waals surface area contributed by atoms with E-state index in [2.05, 4.69) is 46.1 Å². The zero-order valence-corrected chi connectivity index (χ0v) is 16.0. The molecule has 27 heavy (non-hydrogen) atoms. The fraction of sp³-hybridized carbons (Fsp3) is 0.304. The Morgan fingerprint density at radius 1 is 1.04 bits per heavy atom. The molecule has 140 valence electrons. The molecule has 1 N–H and O–H groups in total. The van der Waals surface area contributed by atoms with Gasteiger partial charge in [-0.05, 0) is 24.0 Å². The summed E-state index contributed by atoms with van der Waals surface area (Å²) in [6, 6.07) is 20.5. The van der Waals surface area contributed by atoms with Crippen LogP contribution in [0.5, 0.6) is 0 Å². The molecular weight excluding hydrogens is 334 g/mol. The fourth-order valence-corrected chi connectivity index (χ4v) is 3.34. The van der Waals surface area contributed by atoms with Crippen LogP contribution in [0.2, 0.25) is 0 Å². The lowest BCUT2D eigenvalue weighted by Gasteiger charge is -2.19. The molecular formula is C23H27N3O. The number of benzene rings is 2. The molecule has 0 aliphatic heterocycles. The molecule has 1 heterocycles. The van der Waals surface area contributed by atoms with Gasteiger partial charge in [-0.15, -0.1) is 0 Å². The molecule has 0 aliphatic carbocycles. The van der Waals surface area contributed by atoms with Crippen molar-refractivity contribution in [2.24, 2.45) is 5.92 Å². The smallest absolute Gasteiger partial charge is 0.220 e. The predicted molar refractivity (Wildman–Crippen MR) is 108 cm³/mol. The van der Waals surface area contributed by atoms with Crippen LogP contribution in [0.1, 0.15) is 36.2 Å². The van der Waals surface area contributed by atoms with Crippen molar-refractivity contribution in [3.63, 3.8) is 0 Å². The van der Waals surface area contributed by atoms with Gasteiger partial charge < -0.3 is 9.88 Å². The normalized spacial score (nSPS) is 12.1. The quantitative estimate of drug-likeness (QED) is 0.655. The molecule has 1 amide bonds. The lowest BCUT2D eigenvalue weighted by atomic mass is 9.88. The van der Waals surface area contributed by atoms with E-state index < -0.39 is 0 Å². The van der Waals surface area contributed by atoms with Gasteiger partial charge >= 0.3 is 0 Å². The number of imidazole rings is 1. The van der Waals surface area contributed by atoms with E-state index in [1.54, 1.807) is 0 Å². The summed E-state index contributed by atoms with van der Waals surface area (Å²) in [5.74, 6) is 1.50. The van der Waals surface area contributed by atoms with Crippen LogP contribution < -0.4 is 5.32 Å². The number of amides is 1. The molecule has 0 bridgehead atoms. The molecule has 1 aromatic heterocycles. The summed E-state index contributed by atoms with van der Waals surface area (Å²) in [4.78, 5) is 16.9. The second-order valence-electron chi connectivity index (χ2n) is 7.11. The third-order valence-corrected chi connectivity index (χ3v) is 4.87. The number of nitrogens with zero attached hydrogens (tertiary/aromatic N) is 2. The van der Waals surface area contributed by atoms with E-state index in [9.17, 15) is 4.79 Å². The van der Waals surface area contributed by atoms with Gasteiger partial charge in [0.1, 0.15) is 5.82 Å². The summed E-state index contributed by atoms with van der Waals surface area (Å²) in [6.07, 6.45) is 4.24. The summed E-state index contributed by atoms with van der Waals surface area (Å²) >= 11 is 0. The number of rotatable bonds is 8. The van der Waals surface area contributed by atoms with Gasteiger partial charge in [0.2, 0.25) is 5.91 Å². The number of carbonyl (C=O) groups excluding carboxylic acids is 1. The first kappa shape index (κ1) is 18.9. The second-order valence-corrected chi connectivity index (χ2v) is 7.11. The highest BCUT2D eigenvalue weighted by Gasteiger charge is 2.18. The maximum absolute atomic E-state index is 12.6. The highest BCUT2D eigenvalue weighted by molar-refractivity contribution is 5.77. The topological polar surface area (TPSA) is 46.9 Å². The van der Waals surface area contributed by atoms with E-state index in [0.717, 1.165) is 12.4 Å². The van der Waals surface area contributed by atoms with E-state index >= 15 is 0 Å². The lowest BCUT2D eigenvalue weighted by molar-refractivity contribution is -0.121. The summed E-state index contributed by atoms with van der Waals surface area (Å²) < 4.78 is 2.12. The van der Waals surface area contributed by atoms with Crippen molar-refractivity contribution in [3.05, 3.63) is 90.0 Å². The second kappa shape index (κ2) is 9.17. The Bertz CT molecular complexity index is 803. The van der Waals surface area contributed by atoms with Crippen molar-refractivity contribution in [3.8, 4) is 0 Å². The SMILES string of the molecule is Cc1nccn1CC(C)CNC(=O)CC(c1ccccc1)c1ccccc1. The van der Waals surface area contributed by atoms with Crippen LogP contribution in [0, 0.1) is 12.8 Å². The number of hydrogen-bond donors (Lipinski definition) is 1. The summed E-state index contributed by atoms with van der Waals surface area (Å²) in [6.45, 7) is 5.65. The van der Waals surface area contributed by atoms with Gasteiger partial charge in [0, 0.05) is 37.8 Å². The van der Waals surface area contributed by atoms with Crippen molar-refractivity contribution in [2.45, 2.75) is 32.7 Å². The Morgan fingerprint density at radius 3 is 2.15 bits per heavy atom. The third-order valence-electron chi connectivity index (χ3n) is 4.87. The van der Waals surface area contributed by atoms with Crippen LogP contribution in [-0.2, 0) is 11.3 Å². The van der Waals surface area contributed by atoms with Crippen molar-refractivity contribution in [1.29, 1.82) is 0 Å². The molecule has 0 spiro atoms. The van der Waals surface area contributed by atoms with E-state index in [1.807, 2.05) is 55.7 Å². The van der Waals surface area contributed by atoms with Crippen molar-refractivity contribution in [2.75, 3.05) is 6.54 Å². The first-order valence-corrected chi connectivity index (χ1v) is 9.48. The van der Waals surface area contributed by atoms with Gasteiger partial charge in [-0.2, -0.15) is 0 Å². The van der Waals surface area contributed by atoms with E-state index in [1.165, 1.54) is 11.1 Å². The first-order chi connectivity index (χ1) is 13.1. The van der Waals surface area contributed by atoms with Crippen LogP contribution >= 0.6 is 0 Å². The van der Waals surface area contributed by atoms with Gasteiger partial charge in [0.05, 0.1) is 0 Å². The van der Waals surface area contributed by atoms with Gasteiger partial charge in [-0.3, -0.25) is 4.79 Å². The van der Waals surface area contributed by atoms with E-state index in [4.69, 9.17) is 0 Å². The highest BCUT2D eigenvalue weighted by Crippen LogP contribution is 2.27. The minimum Gasteiger partial charge on any atom is -0.356 e. The fourth-order valence-electron chi connectivity index (χ4n) is 3.34. The monoisotopic (exact) mass is 361 g/mol. The Balaban J connectivity index is 1.60. The van der Waals surface area contributed by atoms with Gasteiger partial charge in [0.25, 0.3) is 0 Å². The minimum atomic E-state index is 0.0681. The molecule has 1 unspecified atom stereocenters. The summed E-state index contributed by atoms with van der Waals surface area (Å²) in [5, 5.41) is 3.11. The third kappa shape index (κ3) is 5.30. The van der Waals surface area contributed by atoms with E-state index in [0.29, 0.717) is 18.9 Å². The molecule has 0 fully saturated rings. The van der Waals surface area contributed by atoms with Crippen LogP contribution in [0.25, 0.3) is 0 Å². The maximum Gasteiger partial charge on any atom is 0.220 e. The number of aryl methyl sites for hydroxylation is 1. The maximum atomic E-state index is 12.6. The van der Waals surface area contributed by atoms with Crippen LogP contribution in [0.15, 0.2) is 73.1 Å². The Hall–Kier alpha value is -2.88. The van der Waals surface area contributed by atoms with Crippen molar-refractivity contribution < 1.29 is 4.79 Å². The minimum absolute atomic E-state index is 0.0681. The number of nitrogens with one attached hydrogen (secondary N) is 1. The van der Waals surface area contributed by atoms with Crippen LogP contribution in [-0.4, -0.2) is 22.0 Å². The first-order valence-electron chi connectivity index (χ1n) is 9.48. The van der Waals surface area contributed by atoms with Gasteiger partial charge in [0.15, 0.2) is 0 Å². The number of hydrogen-bond acceptors (Lipinski definition) is 2. The Morgan fingerprint density at radius 2 is 1.63 bits per heavy atom. The zero-order chi connectivity index (χ0) is 19.1. The average molecular weight is 361 g/mol. The van der Waals surface area contributed by atoms with E-state index in [-0.39, 0.29) is 11.8 Å². The van der Waals surface area contributed by atoms with Gasteiger partial charge in [-0.1, -0.05) is 67.6 Å². The molecule has 3 aromatic rings. The number of carbonyl (C=O) groups is 1. The molecule has 3 rings (SSSR count). The average Bonchev–Trinajstić information content (AvgIpc) is 3.10. The summed E-state index contributed by atoms with van der Waals surface area (Å²) in [5.41, 5.74) is 2.34. The molecule has 0 saturated carbocycles. The summed E-state index contributed by atoms with van der Waals surface area (Å²) in [7, 11) is 0. The zero-order valence-electron chi connectivity index (χ0n) is 16.0. The Kier molecular flexibility index (Phi) is 6.42. The predicted octanol–water partition coefficient (Wildman–Crippen LogP) is 4.17. The Labute approximate surface area is 161 Å². The molecule has 1 atom stereocenters. The van der Waals surface area contributed by atoms with Crippen LogP contribution in [0.3, 0.4) is 0 Å². The number of aromatic nitrogens is 2. The van der Waals surface area contributed by atoms with Crippen molar-refractivity contribution in [1.82, 2.24) is 14.9 Å². The molecule has 0 radical (unpaired) electrons. The molecule has 2 aromatic carbocycles. The molecule has 0 saturated heterocycles. The molecule has 4 heteroatoms. The largest absolute Gasteiger partial charge is 0.356 e. The lowest BCUT2D eigenvalue weighted by Crippen LogP contribution is -2.31. The molecule has 0 aliphatic rings. The standard InChI is InChI=1S/C23H27N3O/c1-18(17-26-14-13-24-19(26)2)16-25-23(27)15-22(20-9-5-3-6-10-20)21-11-7-4-8-12-21/h3-14,18,22H,15-17H2,1-2H3,(H,25,27). The molecule has 4 nitrogen and oxygen atoms in total. The highest BCUT2D eigenvalue weighted by atomic mass is 16.1. The van der Waals surface area contributed by atoms with Crippen molar-refractivity contribution >= 4 is 5.91 Å². The van der Waals surface area contributed by atoms with Gasteiger partial charge in [-0.25, -0.2) is 4.98 Å².